The van der Waals surface area contributed by atoms with Gasteiger partial charge in [0.15, 0.2) is 0 Å². The number of hydrogen-bond donors (Lipinski definition) is 1. The lowest BCUT2D eigenvalue weighted by atomic mass is 10.1. The maximum atomic E-state index is 3.51. The molecule has 0 aromatic rings. The van der Waals surface area contributed by atoms with Crippen LogP contribution in [0.2, 0.25) is 13.1 Å². The Kier molecular flexibility index (Phi) is 3.55. The SMILES string of the molecule is C[SiH](C)C1CNCCN1C(C)(C)C. The normalized spacial score (nSPS) is 26.8. The van der Waals surface area contributed by atoms with Crippen LogP contribution in [0, 0.1) is 0 Å². The first kappa shape index (κ1) is 11.2. The molecule has 78 valence electrons. The minimum absolute atomic E-state index is 0.351. The first-order chi connectivity index (χ1) is 5.93. The smallest absolute Gasteiger partial charge is 0.0525 e. The number of piperazine rings is 1. The van der Waals surface area contributed by atoms with Crippen LogP contribution >= 0.6 is 0 Å². The molecule has 0 bridgehead atoms. The van der Waals surface area contributed by atoms with Crippen LogP contribution in [-0.2, 0) is 0 Å². The molecule has 0 aliphatic carbocycles. The quantitative estimate of drug-likeness (QED) is 0.637. The van der Waals surface area contributed by atoms with Crippen molar-refractivity contribution in [2.24, 2.45) is 0 Å². The largest absolute Gasteiger partial charge is 0.314 e. The molecule has 1 rings (SSSR count). The van der Waals surface area contributed by atoms with E-state index in [1.807, 2.05) is 0 Å². The van der Waals surface area contributed by atoms with E-state index in [0.717, 1.165) is 12.2 Å². The van der Waals surface area contributed by atoms with E-state index in [1.165, 1.54) is 13.1 Å². The summed E-state index contributed by atoms with van der Waals surface area (Å²) in [4.78, 5) is 2.69. The zero-order chi connectivity index (χ0) is 10.1. The van der Waals surface area contributed by atoms with E-state index in [1.54, 1.807) is 0 Å². The van der Waals surface area contributed by atoms with Crippen molar-refractivity contribution in [3.8, 4) is 0 Å². The minimum Gasteiger partial charge on any atom is -0.314 e. The first-order valence-corrected chi connectivity index (χ1v) is 8.38. The fourth-order valence-electron chi connectivity index (χ4n) is 2.15. The topological polar surface area (TPSA) is 15.3 Å². The van der Waals surface area contributed by atoms with Crippen molar-refractivity contribution in [3.63, 3.8) is 0 Å². The number of nitrogens with zero attached hydrogens (tertiary/aromatic N) is 1. The molecule has 1 atom stereocenters. The third-order valence-electron chi connectivity index (χ3n) is 2.91. The fraction of sp³-hybridized carbons (Fsp3) is 1.00. The van der Waals surface area contributed by atoms with Crippen molar-refractivity contribution in [1.29, 1.82) is 0 Å². The number of hydrogen-bond acceptors (Lipinski definition) is 2. The molecule has 0 aromatic heterocycles. The Balaban J connectivity index is 2.67. The number of rotatable bonds is 1. The van der Waals surface area contributed by atoms with E-state index in [-0.39, 0.29) is 0 Å². The summed E-state index contributed by atoms with van der Waals surface area (Å²) in [7, 11) is -0.546. The lowest BCUT2D eigenvalue weighted by Crippen LogP contribution is -2.62. The highest BCUT2D eigenvalue weighted by atomic mass is 28.3. The van der Waals surface area contributed by atoms with Crippen LogP contribution in [0.4, 0.5) is 0 Å². The molecule has 0 spiro atoms. The highest BCUT2D eigenvalue weighted by molar-refractivity contribution is 6.57. The van der Waals surface area contributed by atoms with E-state index in [9.17, 15) is 0 Å². The second kappa shape index (κ2) is 4.11. The molecular formula is C10H24N2Si. The first-order valence-electron chi connectivity index (χ1n) is 5.40. The lowest BCUT2D eigenvalue weighted by molar-refractivity contribution is 0.0958. The minimum atomic E-state index is -0.546. The molecular weight excluding hydrogens is 176 g/mol. The van der Waals surface area contributed by atoms with Gasteiger partial charge < -0.3 is 5.32 Å². The van der Waals surface area contributed by atoms with Gasteiger partial charge in [-0.25, -0.2) is 0 Å². The Morgan fingerprint density at radius 2 is 1.92 bits per heavy atom. The van der Waals surface area contributed by atoms with Gasteiger partial charge in [0.05, 0.1) is 8.80 Å². The van der Waals surface area contributed by atoms with Crippen LogP contribution in [0.5, 0.6) is 0 Å². The van der Waals surface area contributed by atoms with Gasteiger partial charge in [0.2, 0.25) is 0 Å². The summed E-state index contributed by atoms with van der Waals surface area (Å²) < 4.78 is 0. The van der Waals surface area contributed by atoms with Crippen molar-refractivity contribution in [3.05, 3.63) is 0 Å². The number of nitrogens with one attached hydrogen (secondary N) is 1. The molecule has 0 saturated carbocycles. The third kappa shape index (κ3) is 2.79. The predicted octanol–water partition coefficient (Wildman–Crippen LogP) is 1.08. The van der Waals surface area contributed by atoms with Gasteiger partial charge in [-0.1, -0.05) is 13.1 Å². The third-order valence-corrected chi connectivity index (χ3v) is 5.05. The van der Waals surface area contributed by atoms with E-state index in [2.05, 4.69) is 44.1 Å². The molecule has 1 saturated heterocycles. The average molecular weight is 200 g/mol. The summed E-state index contributed by atoms with van der Waals surface area (Å²) in [6.45, 7) is 15.5. The van der Waals surface area contributed by atoms with Gasteiger partial charge in [0, 0.05) is 30.8 Å². The second-order valence-corrected chi connectivity index (χ2v) is 8.64. The van der Waals surface area contributed by atoms with Crippen LogP contribution in [-0.4, -0.2) is 44.5 Å². The predicted molar refractivity (Wildman–Crippen MR) is 62.0 cm³/mol. The molecule has 0 aromatic carbocycles. The van der Waals surface area contributed by atoms with Gasteiger partial charge in [-0.2, -0.15) is 0 Å². The van der Waals surface area contributed by atoms with Gasteiger partial charge in [-0.15, -0.1) is 0 Å². The van der Waals surface area contributed by atoms with Gasteiger partial charge in [0.1, 0.15) is 0 Å². The average Bonchev–Trinajstić information content (AvgIpc) is 2.03. The van der Waals surface area contributed by atoms with Crippen LogP contribution in [0.3, 0.4) is 0 Å². The summed E-state index contributed by atoms with van der Waals surface area (Å²) in [6.07, 6.45) is 0. The Morgan fingerprint density at radius 1 is 1.31 bits per heavy atom. The Morgan fingerprint density at radius 3 is 2.31 bits per heavy atom. The van der Waals surface area contributed by atoms with Crippen LogP contribution < -0.4 is 5.32 Å². The summed E-state index contributed by atoms with van der Waals surface area (Å²) in [6, 6.07) is 0. The second-order valence-electron chi connectivity index (χ2n) is 5.38. The maximum Gasteiger partial charge on any atom is 0.0525 e. The maximum absolute atomic E-state index is 3.51. The fourth-order valence-corrected chi connectivity index (χ4v) is 4.11. The molecule has 0 radical (unpaired) electrons. The summed E-state index contributed by atoms with van der Waals surface area (Å²) in [5.41, 5.74) is 1.19. The van der Waals surface area contributed by atoms with Gasteiger partial charge >= 0.3 is 0 Å². The van der Waals surface area contributed by atoms with Crippen LogP contribution in [0.25, 0.3) is 0 Å². The van der Waals surface area contributed by atoms with E-state index >= 15 is 0 Å². The van der Waals surface area contributed by atoms with Crippen molar-refractivity contribution in [1.82, 2.24) is 10.2 Å². The van der Waals surface area contributed by atoms with Crippen molar-refractivity contribution >= 4 is 8.80 Å². The molecule has 1 aliphatic heterocycles. The van der Waals surface area contributed by atoms with Crippen LogP contribution in [0.1, 0.15) is 20.8 Å². The van der Waals surface area contributed by atoms with Crippen molar-refractivity contribution in [2.75, 3.05) is 19.6 Å². The summed E-state index contributed by atoms with van der Waals surface area (Å²) in [5, 5.41) is 3.51. The summed E-state index contributed by atoms with van der Waals surface area (Å²) in [5.74, 6) is 0. The molecule has 1 aliphatic rings. The molecule has 1 fully saturated rings. The van der Waals surface area contributed by atoms with E-state index in [4.69, 9.17) is 0 Å². The van der Waals surface area contributed by atoms with Crippen LogP contribution in [0.15, 0.2) is 0 Å². The zero-order valence-corrected chi connectivity index (χ0v) is 10.9. The Hall–Kier alpha value is 0.137. The monoisotopic (exact) mass is 200 g/mol. The Labute approximate surface area is 84.3 Å². The molecule has 1 unspecified atom stereocenters. The molecule has 13 heavy (non-hydrogen) atoms. The van der Waals surface area contributed by atoms with Crippen molar-refractivity contribution < 1.29 is 0 Å². The molecule has 1 N–H and O–H groups in total. The highest BCUT2D eigenvalue weighted by Gasteiger charge is 2.32. The Bertz CT molecular complexity index is 163. The zero-order valence-electron chi connectivity index (χ0n) is 9.72. The molecule has 2 nitrogen and oxygen atoms in total. The van der Waals surface area contributed by atoms with Gasteiger partial charge in [-0.05, 0) is 20.8 Å². The van der Waals surface area contributed by atoms with Gasteiger partial charge in [0.25, 0.3) is 0 Å². The molecule has 1 heterocycles. The van der Waals surface area contributed by atoms with Crippen molar-refractivity contribution in [2.45, 2.75) is 45.1 Å². The van der Waals surface area contributed by atoms with E-state index in [0.29, 0.717) is 5.54 Å². The summed E-state index contributed by atoms with van der Waals surface area (Å²) >= 11 is 0. The molecule has 0 amide bonds. The van der Waals surface area contributed by atoms with E-state index < -0.39 is 8.80 Å². The molecule has 3 heteroatoms. The highest BCUT2D eigenvalue weighted by Crippen LogP contribution is 2.19. The van der Waals surface area contributed by atoms with Gasteiger partial charge in [-0.3, -0.25) is 4.90 Å². The standard InChI is InChI=1S/C10H24N2Si/c1-10(2,3)12-7-6-11-8-9(12)13(4)5/h9,11,13H,6-8H2,1-5H3. The lowest BCUT2D eigenvalue weighted by Gasteiger charge is -2.46.